The second-order valence-corrected chi connectivity index (χ2v) is 5.11. The Balaban J connectivity index is 2.84. The fraction of sp³-hybridized carbons (Fsp3) is 0.467. The first-order valence-corrected chi connectivity index (χ1v) is 6.37. The lowest BCUT2D eigenvalue weighted by Gasteiger charge is -2.20. The smallest absolute Gasteiger partial charge is 0.334 e. The summed E-state index contributed by atoms with van der Waals surface area (Å²) >= 11 is 0. The minimum Gasteiger partial charge on any atom is -0.425 e. The number of ether oxygens (including phenoxy) is 1. The average Bonchev–Trinajstić information content (AvgIpc) is 2.29. The van der Waals surface area contributed by atoms with Gasteiger partial charge in [0.05, 0.1) is 0 Å². The third-order valence-electron chi connectivity index (χ3n) is 2.82. The quantitative estimate of drug-likeness (QED) is 0.670. The largest absolute Gasteiger partial charge is 0.425 e. The van der Waals surface area contributed by atoms with Crippen molar-refractivity contribution in [3.05, 3.63) is 29.3 Å². The van der Waals surface area contributed by atoms with Crippen molar-refractivity contribution in [1.29, 1.82) is 0 Å². The van der Waals surface area contributed by atoms with Crippen molar-refractivity contribution >= 4 is 11.9 Å². The number of esters is 1. The van der Waals surface area contributed by atoms with Crippen LogP contribution in [-0.2, 0) is 9.59 Å². The molecular weight excluding hydrogens is 242 g/mol. The highest BCUT2D eigenvalue weighted by atomic mass is 16.5. The van der Waals surface area contributed by atoms with Crippen molar-refractivity contribution in [2.24, 2.45) is 5.92 Å². The first kappa shape index (κ1) is 15.2. The van der Waals surface area contributed by atoms with E-state index in [9.17, 15) is 9.59 Å². The molecule has 0 heterocycles. The standard InChI is InChI=1S/C15H21NO3/c1-9(2)14(16-12(5)17)15(18)19-13-7-6-10(3)8-11(13)4/h6-9,14H,1-5H3,(H,16,17). The van der Waals surface area contributed by atoms with E-state index in [2.05, 4.69) is 5.32 Å². The predicted octanol–water partition coefficient (Wildman–Crippen LogP) is 2.37. The summed E-state index contributed by atoms with van der Waals surface area (Å²) in [6.45, 7) is 8.98. The zero-order chi connectivity index (χ0) is 14.6. The molecule has 1 amide bonds. The van der Waals surface area contributed by atoms with Gasteiger partial charge in [0.2, 0.25) is 5.91 Å². The molecule has 1 aromatic rings. The van der Waals surface area contributed by atoms with Gasteiger partial charge in [-0.1, -0.05) is 31.5 Å². The summed E-state index contributed by atoms with van der Waals surface area (Å²) in [5.41, 5.74) is 2.01. The molecule has 1 rings (SSSR count). The Labute approximate surface area is 114 Å². The SMILES string of the molecule is CC(=O)NC(C(=O)Oc1ccc(C)cc1C)C(C)C. The summed E-state index contributed by atoms with van der Waals surface area (Å²) in [6.07, 6.45) is 0. The Bertz CT molecular complexity index is 480. The van der Waals surface area contributed by atoms with Crippen molar-refractivity contribution in [3.8, 4) is 5.75 Å². The molecule has 0 saturated heterocycles. The van der Waals surface area contributed by atoms with Crippen LogP contribution in [0, 0.1) is 19.8 Å². The summed E-state index contributed by atoms with van der Waals surface area (Å²) in [7, 11) is 0. The van der Waals surface area contributed by atoms with Gasteiger partial charge < -0.3 is 10.1 Å². The van der Waals surface area contributed by atoms with Gasteiger partial charge in [-0.25, -0.2) is 4.79 Å². The highest BCUT2D eigenvalue weighted by Gasteiger charge is 2.25. The minimum absolute atomic E-state index is 0.0258. The maximum Gasteiger partial charge on any atom is 0.334 e. The van der Waals surface area contributed by atoms with E-state index < -0.39 is 12.0 Å². The Kier molecular flexibility index (Phi) is 5.10. The fourth-order valence-corrected chi connectivity index (χ4v) is 1.80. The first-order chi connectivity index (χ1) is 8.81. The number of hydrogen-bond donors (Lipinski definition) is 1. The van der Waals surface area contributed by atoms with Crippen LogP contribution < -0.4 is 10.1 Å². The van der Waals surface area contributed by atoms with E-state index in [1.807, 2.05) is 39.8 Å². The third-order valence-corrected chi connectivity index (χ3v) is 2.82. The molecule has 1 atom stereocenters. The van der Waals surface area contributed by atoms with Gasteiger partial charge in [-0.05, 0) is 31.4 Å². The molecule has 0 bridgehead atoms. The molecular formula is C15H21NO3. The van der Waals surface area contributed by atoms with Gasteiger partial charge >= 0.3 is 5.97 Å². The van der Waals surface area contributed by atoms with Gasteiger partial charge in [0.15, 0.2) is 0 Å². The van der Waals surface area contributed by atoms with E-state index in [0.717, 1.165) is 11.1 Å². The molecule has 4 heteroatoms. The normalized spacial score (nSPS) is 12.1. The molecule has 0 radical (unpaired) electrons. The Morgan fingerprint density at radius 3 is 2.32 bits per heavy atom. The molecule has 0 aliphatic heterocycles. The van der Waals surface area contributed by atoms with Crippen LogP contribution >= 0.6 is 0 Å². The number of benzene rings is 1. The van der Waals surface area contributed by atoms with E-state index in [1.165, 1.54) is 6.92 Å². The zero-order valence-electron chi connectivity index (χ0n) is 12.1. The topological polar surface area (TPSA) is 55.4 Å². The lowest BCUT2D eigenvalue weighted by atomic mass is 10.0. The Morgan fingerprint density at radius 2 is 1.84 bits per heavy atom. The molecule has 19 heavy (non-hydrogen) atoms. The van der Waals surface area contributed by atoms with E-state index >= 15 is 0 Å². The lowest BCUT2D eigenvalue weighted by Crippen LogP contribution is -2.45. The van der Waals surface area contributed by atoms with Crippen LogP contribution in [0.2, 0.25) is 0 Å². The Hall–Kier alpha value is -1.84. The molecule has 104 valence electrons. The van der Waals surface area contributed by atoms with Crippen LogP contribution in [0.15, 0.2) is 18.2 Å². The van der Waals surface area contributed by atoms with Crippen LogP contribution in [0.3, 0.4) is 0 Å². The number of amides is 1. The summed E-state index contributed by atoms with van der Waals surface area (Å²) in [6, 6.07) is 4.98. The minimum atomic E-state index is -0.627. The lowest BCUT2D eigenvalue weighted by molar-refractivity contribution is -0.140. The van der Waals surface area contributed by atoms with Crippen LogP contribution in [0.5, 0.6) is 5.75 Å². The number of carbonyl (C=O) groups excluding carboxylic acids is 2. The highest BCUT2D eigenvalue weighted by molar-refractivity contribution is 5.84. The van der Waals surface area contributed by atoms with Gasteiger partial charge in [0, 0.05) is 6.92 Å². The van der Waals surface area contributed by atoms with Gasteiger partial charge in [0.25, 0.3) is 0 Å². The summed E-state index contributed by atoms with van der Waals surface area (Å²) in [4.78, 5) is 23.2. The predicted molar refractivity (Wildman–Crippen MR) is 74.0 cm³/mol. The summed E-state index contributed by atoms with van der Waals surface area (Å²) < 4.78 is 5.37. The number of hydrogen-bond acceptors (Lipinski definition) is 3. The number of nitrogens with one attached hydrogen (secondary N) is 1. The van der Waals surface area contributed by atoms with Crippen LogP contribution in [0.4, 0.5) is 0 Å². The van der Waals surface area contributed by atoms with E-state index in [1.54, 1.807) is 6.07 Å². The van der Waals surface area contributed by atoms with Crippen molar-refractivity contribution in [1.82, 2.24) is 5.32 Å². The monoisotopic (exact) mass is 263 g/mol. The zero-order valence-corrected chi connectivity index (χ0v) is 12.1. The number of rotatable bonds is 4. The molecule has 0 spiro atoms. The fourth-order valence-electron chi connectivity index (χ4n) is 1.80. The molecule has 1 aromatic carbocycles. The Morgan fingerprint density at radius 1 is 1.21 bits per heavy atom. The summed E-state index contributed by atoms with van der Waals surface area (Å²) in [5.74, 6) is -0.165. The van der Waals surface area contributed by atoms with Crippen LogP contribution in [0.25, 0.3) is 0 Å². The van der Waals surface area contributed by atoms with Crippen LogP contribution in [-0.4, -0.2) is 17.9 Å². The molecule has 4 nitrogen and oxygen atoms in total. The number of carbonyl (C=O) groups is 2. The second-order valence-electron chi connectivity index (χ2n) is 5.11. The molecule has 0 aliphatic rings. The van der Waals surface area contributed by atoms with Crippen molar-refractivity contribution in [2.45, 2.75) is 40.7 Å². The highest BCUT2D eigenvalue weighted by Crippen LogP contribution is 2.20. The molecule has 0 aromatic heterocycles. The van der Waals surface area contributed by atoms with Gasteiger partial charge in [0.1, 0.15) is 11.8 Å². The molecule has 0 saturated carbocycles. The van der Waals surface area contributed by atoms with E-state index in [0.29, 0.717) is 5.75 Å². The first-order valence-electron chi connectivity index (χ1n) is 6.37. The third kappa shape index (κ3) is 4.39. The average molecular weight is 263 g/mol. The molecule has 0 aliphatic carbocycles. The number of aryl methyl sites for hydroxylation is 2. The maximum absolute atomic E-state index is 12.1. The van der Waals surface area contributed by atoms with Gasteiger partial charge in [-0.15, -0.1) is 0 Å². The van der Waals surface area contributed by atoms with Crippen LogP contribution in [0.1, 0.15) is 31.9 Å². The van der Waals surface area contributed by atoms with E-state index in [4.69, 9.17) is 4.74 Å². The molecule has 0 fully saturated rings. The molecule has 1 unspecified atom stereocenters. The maximum atomic E-state index is 12.1. The van der Waals surface area contributed by atoms with Crippen molar-refractivity contribution in [3.63, 3.8) is 0 Å². The van der Waals surface area contributed by atoms with Gasteiger partial charge in [-0.3, -0.25) is 4.79 Å². The van der Waals surface area contributed by atoms with E-state index in [-0.39, 0.29) is 11.8 Å². The molecule has 1 N–H and O–H groups in total. The van der Waals surface area contributed by atoms with Crippen molar-refractivity contribution < 1.29 is 14.3 Å². The van der Waals surface area contributed by atoms with Gasteiger partial charge in [-0.2, -0.15) is 0 Å². The second kappa shape index (κ2) is 6.36. The van der Waals surface area contributed by atoms with Crippen molar-refractivity contribution in [2.75, 3.05) is 0 Å². The summed E-state index contributed by atoms with van der Waals surface area (Å²) in [5, 5.41) is 2.62.